The number of anilines is 1. The van der Waals surface area contributed by atoms with E-state index in [1.807, 2.05) is 0 Å². The Labute approximate surface area is 194 Å². The van der Waals surface area contributed by atoms with Crippen molar-refractivity contribution in [3.8, 4) is 11.3 Å². The van der Waals surface area contributed by atoms with Crippen molar-refractivity contribution in [3.63, 3.8) is 0 Å². The summed E-state index contributed by atoms with van der Waals surface area (Å²) in [5.74, 6) is -3.23. The van der Waals surface area contributed by atoms with Gasteiger partial charge in [0.15, 0.2) is 0 Å². The van der Waals surface area contributed by atoms with Crippen LogP contribution in [0.15, 0.2) is 48.8 Å². The summed E-state index contributed by atoms with van der Waals surface area (Å²) in [5.41, 5.74) is 6.13. The molecule has 0 radical (unpaired) electrons. The number of carbonyl (C=O) groups excluding carboxylic acids is 1. The Balaban J connectivity index is 1.42. The van der Waals surface area contributed by atoms with E-state index in [0.29, 0.717) is 18.0 Å². The molecule has 4 atom stereocenters. The standard InChI is InChI=1S/C25H23F3N4O2/c26-15-4-2-5-16(27)23(15)24-17(28)7-8-19(31-24)25(33)32-20-12-30-10-9-14(20)22-11-18(29)13-3-1-6-21(13)34-22/h2,4-5,7-10,12-13,18,21-22H,1,3,6,11,29H2,(H,32,33). The molecular weight excluding hydrogens is 445 g/mol. The number of nitrogens with zero attached hydrogens (tertiary/aromatic N) is 2. The predicted molar refractivity (Wildman–Crippen MR) is 119 cm³/mol. The van der Waals surface area contributed by atoms with Gasteiger partial charge in [-0.3, -0.25) is 9.78 Å². The van der Waals surface area contributed by atoms with Gasteiger partial charge in [0.25, 0.3) is 5.91 Å². The topological polar surface area (TPSA) is 90.1 Å². The number of carbonyl (C=O) groups is 1. The zero-order valence-electron chi connectivity index (χ0n) is 18.2. The summed E-state index contributed by atoms with van der Waals surface area (Å²) in [6.07, 6.45) is 6.58. The number of pyridine rings is 2. The van der Waals surface area contributed by atoms with Crippen LogP contribution < -0.4 is 11.1 Å². The van der Waals surface area contributed by atoms with Crippen LogP contribution in [0, 0.1) is 23.4 Å². The minimum atomic E-state index is -0.977. The maximum atomic E-state index is 14.4. The lowest BCUT2D eigenvalue weighted by Crippen LogP contribution is -2.43. The number of aromatic nitrogens is 2. The molecule has 2 aliphatic rings. The maximum Gasteiger partial charge on any atom is 0.274 e. The van der Waals surface area contributed by atoms with Crippen molar-refractivity contribution in [3.05, 3.63) is 77.5 Å². The first kappa shape index (κ1) is 22.5. The van der Waals surface area contributed by atoms with Crippen LogP contribution >= 0.6 is 0 Å². The molecule has 1 saturated carbocycles. The molecule has 0 bridgehead atoms. The minimum absolute atomic E-state index is 0.0000411. The van der Waals surface area contributed by atoms with Crippen LogP contribution in [-0.4, -0.2) is 28.0 Å². The summed E-state index contributed by atoms with van der Waals surface area (Å²) in [7, 11) is 0. The average molecular weight is 468 g/mol. The number of rotatable bonds is 4. The average Bonchev–Trinajstić information content (AvgIpc) is 3.30. The number of amides is 1. The second-order valence-electron chi connectivity index (χ2n) is 8.70. The van der Waals surface area contributed by atoms with Gasteiger partial charge in [-0.2, -0.15) is 0 Å². The second kappa shape index (κ2) is 9.15. The fourth-order valence-electron chi connectivity index (χ4n) is 4.95. The number of ether oxygens (including phenoxy) is 1. The number of hydrogen-bond acceptors (Lipinski definition) is 5. The van der Waals surface area contributed by atoms with E-state index in [-0.39, 0.29) is 23.9 Å². The first-order valence-electron chi connectivity index (χ1n) is 11.2. The van der Waals surface area contributed by atoms with E-state index < -0.39 is 34.6 Å². The molecule has 6 nitrogen and oxygen atoms in total. The van der Waals surface area contributed by atoms with E-state index in [1.54, 1.807) is 12.3 Å². The molecule has 3 N–H and O–H groups in total. The van der Waals surface area contributed by atoms with Gasteiger partial charge in [-0.25, -0.2) is 18.2 Å². The number of benzene rings is 1. The Morgan fingerprint density at radius 2 is 1.85 bits per heavy atom. The van der Waals surface area contributed by atoms with Crippen molar-refractivity contribution >= 4 is 11.6 Å². The molecule has 5 rings (SSSR count). The minimum Gasteiger partial charge on any atom is -0.370 e. The van der Waals surface area contributed by atoms with Gasteiger partial charge in [-0.1, -0.05) is 12.5 Å². The van der Waals surface area contributed by atoms with Crippen LogP contribution in [-0.2, 0) is 4.74 Å². The fourth-order valence-corrected chi connectivity index (χ4v) is 4.95. The third kappa shape index (κ3) is 4.17. The van der Waals surface area contributed by atoms with Crippen molar-refractivity contribution in [2.24, 2.45) is 11.7 Å². The summed E-state index contributed by atoms with van der Waals surface area (Å²) in [6, 6.07) is 7.03. The Bertz CT molecular complexity index is 1220. The molecule has 4 unspecified atom stereocenters. The molecule has 1 aromatic carbocycles. The summed E-state index contributed by atoms with van der Waals surface area (Å²) in [5, 5.41) is 2.73. The first-order valence-corrected chi connectivity index (χ1v) is 11.2. The molecule has 34 heavy (non-hydrogen) atoms. The van der Waals surface area contributed by atoms with Crippen LogP contribution in [0.5, 0.6) is 0 Å². The Hall–Kier alpha value is -3.30. The number of nitrogens with two attached hydrogens (primary N) is 1. The van der Waals surface area contributed by atoms with Crippen LogP contribution in [0.2, 0.25) is 0 Å². The van der Waals surface area contributed by atoms with Crippen molar-refractivity contribution in [2.75, 3.05) is 5.32 Å². The highest BCUT2D eigenvalue weighted by molar-refractivity contribution is 6.03. The molecule has 3 heterocycles. The van der Waals surface area contributed by atoms with E-state index in [9.17, 15) is 18.0 Å². The van der Waals surface area contributed by atoms with E-state index in [0.717, 1.165) is 49.1 Å². The van der Waals surface area contributed by atoms with Gasteiger partial charge in [0.1, 0.15) is 28.8 Å². The van der Waals surface area contributed by atoms with Crippen LogP contribution in [0.1, 0.15) is 47.8 Å². The van der Waals surface area contributed by atoms with E-state index >= 15 is 0 Å². The van der Waals surface area contributed by atoms with E-state index in [1.165, 1.54) is 12.3 Å². The third-order valence-electron chi connectivity index (χ3n) is 6.61. The van der Waals surface area contributed by atoms with Crippen LogP contribution in [0.4, 0.5) is 18.9 Å². The number of halogens is 3. The van der Waals surface area contributed by atoms with Gasteiger partial charge >= 0.3 is 0 Å². The Morgan fingerprint density at radius 1 is 1.06 bits per heavy atom. The van der Waals surface area contributed by atoms with Crippen LogP contribution in [0.3, 0.4) is 0 Å². The van der Waals surface area contributed by atoms with Gasteiger partial charge in [0.05, 0.1) is 29.7 Å². The molecule has 1 aliphatic carbocycles. The summed E-state index contributed by atoms with van der Waals surface area (Å²) < 4.78 is 49.1. The van der Waals surface area contributed by atoms with Crippen LogP contribution in [0.25, 0.3) is 11.3 Å². The molecule has 0 spiro atoms. The Kier molecular flexibility index (Phi) is 6.05. The van der Waals surface area contributed by atoms with Gasteiger partial charge in [0, 0.05) is 23.7 Å². The van der Waals surface area contributed by atoms with Crippen molar-refractivity contribution in [1.29, 1.82) is 0 Å². The second-order valence-corrected chi connectivity index (χ2v) is 8.70. The molecule has 2 aromatic heterocycles. The summed E-state index contributed by atoms with van der Waals surface area (Å²) >= 11 is 0. The highest BCUT2D eigenvalue weighted by atomic mass is 19.1. The molecule has 1 amide bonds. The highest BCUT2D eigenvalue weighted by Crippen LogP contribution is 2.43. The zero-order valence-corrected chi connectivity index (χ0v) is 18.2. The normalized spacial score (nSPS) is 24.0. The first-order chi connectivity index (χ1) is 16.4. The van der Waals surface area contributed by atoms with Gasteiger partial charge in [-0.05, 0) is 49.6 Å². The monoisotopic (exact) mass is 468 g/mol. The number of fused-ring (bicyclic) bond motifs is 1. The molecule has 1 saturated heterocycles. The lowest BCUT2D eigenvalue weighted by Gasteiger charge is -2.37. The molecular formula is C25H23F3N4O2. The highest BCUT2D eigenvalue weighted by Gasteiger charge is 2.40. The lowest BCUT2D eigenvalue weighted by molar-refractivity contribution is -0.0800. The van der Waals surface area contributed by atoms with Crippen molar-refractivity contribution in [1.82, 2.24) is 9.97 Å². The predicted octanol–water partition coefficient (Wildman–Crippen LogP) is 4.77. The number of nitrogens with one attached hydrogen (secondary N) is 1. The summed E-state index contributed by atoms with van der Waals surface area (Å²) in [6.45, 7) is 0. The quantitative estimate of drug-likeness (QED) is 0.576. The van der Waals surface area contributed by atoms with Gasteiger partial charge in [-0.15, -0.1) is 0 Å². The molecule has 1 aliphatic heterocycles. The van der Waals surface area contributed by atoms with Crippen molar-refractivity contribution < 1.29 is 22.7 Å². The smallest absolute Gasteiger partial charge is 0.274 e. The van der Waals surface area contributed by atoms with Crippen molar-refractivity contribution in [2.45, 2.75) is 43.9 Å². The third-order valence-corrected chi connectivity index (χ3v) is 6.61. The van der Waals surface area contributed by atoms with Gasteiger partial charge < -0.3 is 15.8 Å². The zero-order chi connectivity index (χ0) is 23.8. The molecule has 2 fully saturated rings. The van der Waals surface area contributed by atoms with Gasteiger partial charge in [0.2, 0.25) is 0 Å². The molecule has 9 heteroatoms. The number of hydrogen-bond donors (Lipinski definition) is 2. The Morgan fingerprint density at radius 3 is 2.65 bits per heavy atom. The molecule has 3 aromatic rings. The van der Waals surface area contributed by atoms with E-state index in [2.05, 4.69) is 15.3 Å². The van der Waals surface area contributed by atoms with E-state index in [4.69, 9.17) is 10.5 Å². The largest absolute Gasteiger partial charge is 0.370 e. The summed E-state index contributed by atoms with van der Waals surface area (Å²) in [4.78, 5) is 21.0. The fraction of sp³-hybridized carbons (Fsp3) is 0.320. The maximum absolute atomic E-state index is 14.4. The SMILES string of the molecule is NC1CC(c2ccncc2NC(=O)c2ccc(F)c(-c3c(F)cccc3F)n2)OC2CCCC12. The molecule has 176 valence electrons. The lowest BCUT2D eigenvalue weighted by atomic mass is 9.87.